The largest absolute Gasteiger partial charge is 0.291 e. The highest BCUT2D eigenvalue weighted by molar-refractivity contribution is 8.13. The summed E-state index contributed by atoms with van der Waals surface area (Å²) >= 11 is 8.14. The fourth-order valence-electron chi connectivity index (χ4n) is 0.408. The van der Waals surface area contributed by atoms with Gasteiger partial charge in [0.2, 0.25) is 0 Å². The molecule has 1 rings (SSSR count). The number of hydrogen-bond acceptors (Lipinski definition) is 3. The second-order valence-electron chi connectivity index (χ2n) is 1.27. The molecule has 0 spiro atoms. The predicted octanol–water partition coefficient (Wildman–Crippen LogP) is 2.68. The molecule has 0 N–H and O–H groups in total. The minimum absolute atomic E-state index is 0.722. The SMILES string of the molecule is O=CSc1ccc(Cl)s1. The molecule has 0 atom stereocenters. The Morgan fingerprint density at radius 3 is 2.89 bits per heavy atom. The van der Waals surface area contributed by atoms with Crippen LogP contribution in [0.4, 0.5) is 0 Å². The van der Waals surface area contributed by atoms with Crippen LogP contribution in [0.1, 0.15) is 0 Å². The lowest BCUT2D eigenvalue weighted by Gasteiger charge is -1.78. The summed E-state index contributed by atoms with van der Waals surface area (Å²) in [5.74, 6) is 0. The van der Waals surface area contributed by atoms with E-state index in [2.05, 4.69) is 0 Å². The maximum atomic E-state index is 9.91. The zero-order valence-electron chi connectivity index (χ0n) is 4.33. The van der Waals surface area contributed by atoms with Crippen LogP contribution in [-0.2, 0) is 4.79 Å². The highest BCUT2D eigenvalue weighted by Crippen LogP contribution is 2.28. The number of halogens is 1. The Kier molecular flexibility index (Phi) is 2.57. The van der Waals surface area contributed by atoms with Crippen molar-refractivity contribution >= 4 is 40.3 Å². The quantitative estimate of drug-likeness (QED) is 0.512. The van der Waals surface area contributed by atoms with Crippen molar-refractivity contribution in [1.29, 1.82) is 0 Å². The number of thioether (sulfide) groups is 1. The lowest BCUT2D eigenvalue weighted by Crippen LogP contribution is -1.54. The van der Waals surface area contributed by atoms with E-state index in [4.69, 9.17) is 11.6 Å². The van der Waals surface area contributed by atoms with Crippen molar-refractivity contribution in [1.82, 2.24) is 0 Å². The first-order valence-electron chi connectivity index (χ1n) is 2.18. The molecule has 0 unspecified atom stereocenters. The highest BCUT2D eigenvalue weighted by Gasteiger charge is 1.95. The van der Waals surface area contributed by atoms with Gasteiger partial charge in [-0.05, 0) is 23.9 Å². The van der Waals surface area contributed by atoms with Gasteiger partial charge < -0.3 is 0 Å². The number of carbonyl (C=O) groups is 1. The summed E-state index contributed by atoms with van der Waals surface area (Å²) in [5.41, 5.74) is 0.794. The van der Waals surface area contributed by atoms with Gasteiger partial charge in [0.25, 0.3) is 0 Å². The fraction of sp³-hybridized carbons (Fsp3) is 0. The molecular weight excluding hydrogens is 176 g/mol. The molecule has 0 bridgehead atoms. The lowest BCUT2D eigenvalue weighted by molar-refractivity contribution is 0.570. The van der Waals surface area contributed by atoms with Gasteiger partial charge in [0.1, 0.15) is 0 Å². The van der Waals surface area contributed by atoms with E-state index in [0.717, 1.165) is 25.9 Å². The van der Waals surface area contributed by atoms with Crippen molar-refractivity contribution < 1.29 is 4.79 Å². The Labute approximate surface area is 66.0 Å². The van der Waals surface area contributed by atoms with Crippen molar-refractivity contribution in [2.24, 2.45) is 0 Å². The third-order valence-electron chi connectivity index (χ3n) is 0.713. The molecule has 0 radical (unpaired) electrons. The molecule has 0 amide bonds. The van der Waals surface area contributed by atoms with Crippen LogP contribution >= 0.6 is 34.7 Å². The van der Waals surface area contributed by atoms with Crippen LogP contribution in [0.2, 0.25) is 4.34 Å². The molecule has 0 saturated carbocycles. The Morgan fingerprint density at radius 2 is 2.44 bits per heavy atom. The monoisotopic (exact) mass is 178 g/mol. The predicted molar refractivity (Wildman–Crippen MR) is 41.9 cm³/mol. The minimum atomic E-state index is 0.722. The number of hydrogen-bond donors (Lipinski definition) is 0. The molecule has 1 nitrogen and oxygen atoms in total. The smallest absolute Gasteiger partial charge is 0.181 e. The minimum Gasteiger partial charge on any atom is -0.291 e. The van der Waals surface area contributed by atoms with Crippen molar-refractivity contribution in [2.75, 3.05) is 0 Å². The Hall–Kier alpha value is 0.01000. The number of carbonyl (C=O) groups excluding carboxylic acids is 1. The maximum absolute atomic E-state index is 9.91. The summed E-state index contributed by atoms with van der Waals surface area (Å²) in [7, 11) is 0. The summed E-state index contributed by atoms with van der Waals surface area (Å²) in [6.07, 6.45) is 0. The Morgan fingerprint density at radius 1 is 1.67 bits per heavy atom. The normalized spacial score (nSPS) is 9.44. The Bertz CT molecular complexity index is 208. The van der Waals surface area contributed by atoms with Crippen LogP contribution < -0.4 is 0 Å². The summed E-state index contributed by atoms with van der Waals surface area (Å²) in [6, 6.07) is 3.60. The first kappa shape index (κ1) is 7.12. The zero-order chi connectivity index (χ0) is 6.69. The molecule has 0 aromatic carbocycles. The van der Waals surface area contributed by atoms with Crippen molar-refractivity contribution in [3.8, 4) is 0 Å². The molecular formula is C5H3ClOS2. The van der Waals surface area contributed by atoms with Gasteiger partial charge in [-0.2, -0.15) is 0 Å². The molecule has 9 heavy (non-hydrogen) atoms. The number of rotatable bonds is 2. The summed E-state index contributed by atoms with van der Waals surface area (Å²) in [5, 5.41) is 0. The molecule has 1 aromatic rings. The summed E-state index contributed by atoms with van der Waals surface area (Å²) in [4.78, 5) is 9.91. The molecule has 1 heterocycles. The second-order valence-corrected chi connectivity index (χ2v) is 4.11. The van der Waals surface area contributed by atoms with Crippen molar-refractivity contribution in [2.45, 2.75) is 4.21 Å². The Balaban J connectivity index is 2.72. The first-order valence-corrected chi connectivity index (χ1v) is 4.26. The topological polar surface area (TPSA) is 17.1 Å². The van der Waals surface area contributed by atoms with Crippen molar-refractivity contribution in [3.63, 3.8) is 0 Å². The van der Waals surface area contributed by atoms with E-state index < -0.39 is 0 Å². The van der Waals surface area contributed by atoms with Crippen LogP contribution in [0, 0.1) is 0 Å². The molecule has 0 fully saturated rings. The van der Waals surface area contributed by atoms with Crippen LogP contribution in [0.15, 0.2) is 16.3 Å². The first-order chi connectivity index (χ1) is 4.33. The molecule has 0 saturated heterocycles. The third kappa shape index (κ3) is 2.01. The van der Waals surface area contributed by atoms with Gasteiger partial charge in [0.05, 0.1) is 8.55 Å². The second kappa shape index (κ2) is 3.25. The standard InChI is InChI=1S/C5H3ClOS2/c6-4-1-2-5(9-4)8-3-7/h1-3H. The lowest BCUT2D eigenvalue weighted by atomic mass is 10.7. The van der Waals surface area contributed by atoms with Crippen LogP contribution in [0.5, 0.6) is 0 Å². The van der Waals surface area contributed by atoms with E-state index in [9.17, 15) is 4.79 Å². The zero-order valence-corrected chi connectivity index (χ0v) is 6.72. The third-order valence-corrected chi connectivity index (χ3v) is 2.74. The molecule has 48 valence electrons. The van der Waals surface area contributed by atoms with Crippen LogP contribution in [0.3, 0.4) is 0 Å². The fourth-order valence-corrected chi connectivity index (χ4v) is 2.14. The van der Waals surface area contributed by atoms with E-state index in [1.807, 2.05) is 6.07 Å². The molecule has 0 aliphatic carbocycles. The van der Waals surface area contributed by atoms with E-state index in [0.29, 0.717) is 0 Å². The summed E-state index contributed by atoms with van der Waals surface area (Å²) in [6.45, 7) is 0. The molecule has 0 aliphatic heterocycles. The van der Waals surface area contributed by atoms with Gasteiger partial charge in [-0.15, -0.1) is 11.3 Å². The van der Waals surface area contributed by atoms with Crippen LogP contribution in [0.25, 0.3) is 0 Å². The van der Waals surface area contributed by atoms with Crippen molar-refractivity contribution in [3.05, 3.63) is 16.5 Å². The van der Waals surface area contributed by atoms with Gasteiger partial charge >= 0.3 is 0 Å². The van der Waals surface area contributed by atoms with E-state index in [-0.39, 0.29) is 0 Å². The average Bonchev–Trinajstić information content (AvgIpc) is 2.17. The van der Waals surface area contributed by atoms with Gasteiger partial charge in [-0.1, -0.05) is 11.6 Å². The number of thiophene rings is 1. The molecule has 1 aromatic heterocycles. The molecule has 4 heteroatoms. The van der Waals surface area contributed by atoms with Gasteiger partial charge in [0, 0.05) is 0 Å². The summed E-state index contributed by atoms with van der Waals surface area (Å²) < 4.78 is 1.66. The molecule has 0 aliphatic rings. The maximum Gasteiger partial charge on any atom is 0.181 e. The average molecular weight is 179 g/mol. The van der Waals surface area contributed by atoms with E-state index >= 15 is 0 Å². The van der Waals surface area contributed by atoms with Gasteiger partial charge in [-0.3, -0.25) is 4.79 Å². The van der Waals surface area contributed by atoms with E-state index in [1.165, 1.54) is 11.3 Å². The van der Waals surface area contributed by atoms with Gasteiger partial charge in [-0.25, -0.2) is 0 Å². The van der Waals surface area contributed by atoms with Gasteiger partial charge in [0.15, 0.2) is 5.62 Å². The highest BCUT2D eigenvalue weighted by atomic mass is 35.5. The van der Waals surface area contributed by atoms with Crippen LogP contribution in [-0.4, -0.2) is 5.62 Å². The van der Waals surface area contributed by atoms with E-state index in [1.54, 1.807) is 6.07 Å².